The molecule has 0 unspecified atom stereocenters. The molecule has 32 heavy (non-hydrogen) atoms. The summed E-state index contributed by atoms with van der Waals surface area (Å²) in [6.45, 7) is 4.24. The molecule has 5 rings (SSSR count). The smallest absolute Gasteiger partial charge is 0.255 e. The van der Waals surface area contributed by atoms with Gasteiger partial charge in [-0.05, 0) is 74.0 Å². The fourth-order valence-electron chi connectivity index (χ4n) is 4.38. The minimum absolute atomic E-state index is 0.197. The summed E-state index contributed by atoms with van der Waals surface area (Å²) in [5.41, 5.74) is 6.33. The summed E-state index contributed by atoms with van der Waals surface area (Å²) in [5, 5.41) is 0. The summed E-state index contributed by atoms with van der Waals surface area (Å²) in [7, 11) is 0. The second kappa shape index (κ2) is 8.58. The highest BCUT2D eigenvalue weighted by Gasteiger charge is 2.16. The van der Waals surface area contributed by atoms with Gasteiger partial charge in [0.05, 0.1) is 0 Å². The molecule has 4 nitrogen and oxygen atoms in total. The first-order valence-corrected chi connectivity index (χ1v) is 10.8. The summed E-state index contributed by atoms with van der Waals surface area (Å²) in [4.78, 5) is 17.5. The van der Waals surface area contributed by atoms with Crippen LogP contribution in [0.1, 0.15) is 18.4 Å². The maximum Gasteiger partial charge on any atom is 0.255 e. The van der Waals surface area contributed by atoms with Gasteiger partial charge in [-0.15, -0.1) is 5.73 Å². The summed E-state index contributed by atoms with van der Waals surface area (Å²) in [6, 6.07) is 12.3. The number of anilines is 1. The number of hydrogen-bond acceptors (Lipinski definition) is 3. The third-order valence-corrected chi connectivity index (χ3v) is 6.09. The van der Waals surface area contributed by atoms with Gasteiger partial charge in [-0.25, -0.2) is 8.78 Å². The van der Waals surface area contributed by atoms with E-state index in [2.05, 4.69) is 15.5 Å². The standard InChI is InChI=1S/C26H23F2N3O/c27-21-5-7-23(24(28)18-21)19-9-13-31(26(32)17-19)22-6-8-25-20(16-22)4-3-12-30(25)15-14-29-10-1-2-11-29/h4-9,12-13,16-18H,1-2,10-11,14-15H2. The van der Waals surface area contributed by atoms with Crippen molar-refractivity contribution >= 4 is 11.8 Å². The van der Waals surface area contributed by atoms with Gasteiger partial charge in [0.1, 0.15) is 11.6 Å². The van der Waals surface area contributed by atoms with Gasteiger partial charge < -0.3 is 9.80 Å². The molecular formula is C26H23F2N3O. The van der Waals surface area contributed by atoms with Gasteiger partial charge >= 0.3 is 0 Å². The molecule has 0 aliphatic carbocycles. The number of rotatable bonds is 5. The van der Waals surface area contributed by atoms with Crippen molar-refractivity contribution in [1.29, 1.82) is 0 Å². The molecule has 0 bridgehead atoms. The van der Waals surface area contributed by atoms with Crippen LogP contribution in [0, 0.1) is 11.6 Å². The Morgan fingerprint density at radius 2 is 1.78 bits per heavy atom. The summed E-state index contributed by atoms with van der Waals surface area (Å²) >= 11 is 0. The molecule has 162 valence electrons. The van der Waals surface area contributed by atoms with E-state index in [0.29, 0.717) is 5.56 Å². The molecule has 2 aliphatic heterocycles. The van der Waals surface area contributed by atoms with Crippen LogP contribution < -0.4 is 10.5 Å². The zero-order chi connectivity index (χ0) is 22.1. The zero-order valence-electron chi connectivity index (χ0n) is 17.6. The Kier molecular flexibility index (Phi) is 5.48. The lowest BCUT2D eigenvalue weighted by atomic mass is 10.1. The molecule has 1 saturated heterocycles. The van der Waals surface area contributed by atoms with Gasteiger partial charge in [0.2, 0.25) is 0 Å². The van der Waals surface area contributed by atoms with E-state index < -0.39 is 11.6 Å². The molecule has 0 saturated carbocycles. The van der Waals surface area contributed by atoms with Crippen LogP contribution in [0.25, 0.3) is 22.9 Å². The predicted molar refractivity (Wildman–Crippen MR) is 123 cm³/mol. The van der Waals surface area contributed by atoms with Crippen LogP contribution in [0.2, 0.25) is 0 Å². The van der Waals surface area contributed by atoms with Gasteiger partial charge in [-0.1, -0.05) is 0 Å². The molecule has 2 aliphatic rings. The minimum atomic E-state index is -0.693. The predicted octanol–water partition coefficient (Wildman–Crippen LogP) is 4.82. The van der Waals surface area contributed by atoms with E-state index in [1.807, 2.05) is 30.5 Å². The van der Waals surface area contributed by atoms with Crippen molar-refractivity contribution in [3.8, 4) is 16.8 Å². The van der Waals surface area contributed by atoms with Gasteiger partial charge in [-0.2, -0.15) is 0 Å². The summed E-state index contributed by atoms with van der Waals surface area (Å²) in [5.74, 6) is -1.34. The third-order valence-electron chi connectivity index (χ3n) is 6.09. The first kappa shape index (κ1) is 20.4. The van der Waals surface area contributed by atoms with Crippen molar-refractivity contribution in [3.63, 3.8) is 0 Å². The van der Waals surface area contributed by atoms with Gasteiger partial charge in [-0.3, -0.25) is 9.36 Å². The highest BCUT2D eigenvalue weighted by molar-refractivity contribution is 5.73. The van der Waals surface area contributed by atoms with Gasteiger partial charge in [0.25, 0.3) is 5.56 Å². The van der Waals surface area contributed by atoms with Crippen LogP contribution in [0.4, 0.5) is 14.5 Å². The molecule has 3 aromatic rings. The van der Waals surface area contributed by atoms with E-state index in [1.54, 1.807) is 12.3 Å². The lowest BCUT2D eigenvalue weighted by Crippen LogP contribution is -2.31. The Labute approximate surface area is 185 Å². The average Bonchev–Trinajstić information content (AvgIpc) is 3.31. The van der Waals surface area contributed by atoms with Crippen LogP contribution >= 0.6 is 0 Å². The SMILES string of the molecule is O=c1cc(-c2ccc(F)cc2F)ccn1-c1ccc2c(c1)C=C=CN2CCN1CCCC1. The number of hydrogen-bond donors (Lipinski definition) is 0. The zero-order valence-corrected chi connectivity index (χ0v) is 17.6. The van der Waals surface area contributed by atoms with E-state index in [1.165, 1.54) is 48.7 Å². The molecule has 3 heterocycles. The third kappa shape index (κ3) is 4.03. The second-order valence-electron chi connectivity index (χ2n) is 8.17. The van der Waals surface area contributed by atoms with Crippen LogP contribution in [0.15, 0.2) is 71.5 Å². The highest BCUT2D eigenvalue weighted by Crippen LogP contribution is 2.28. The van der Waals surface area contributed by atoms with Crippen molar-refractivity contribution in [1.82, 2.24) is 9.47 Å². The topological polar surface area (TPSA) is 28.5 Å². The number of aromatic nitrogens is 1. The van der Waals surface area contributed by atoms with E-state index in [4.69, 9.17) is 0 Å². The molecule has 1 aromatic heterocycles. The molecule has 0 N–H and O–H groups in total. The van der Waals surface area contributed by atoms with E-state index in [0.717, 1.165) is 36.1 Å². The number of benzene rings is 2. The minimum Gasteiger partial charge on any atom is -0.339 e. The Morgan fingerprint density at radius 1 is 0.938 bits per heavy atom. The lowest BCUT2D eigenvalue weighted by Gasteiger charge is -2.26. The molecule has 1 fully saturated rings. The van der Waals surface area contributed by atoms with Crippen LogP contribution in [0.5, 0.6) is 0 Å². The number of halogens is 2. The number of fused-ring (bicyclic) bond motifs is 1. The van der Waals surface area contributed by atoms with E-state index in [-0.39, 0.29) is 11.1 Å². The van der Waals surface area contributed by atoms with Crippen LogP contribution in [0.3, 0.4) is 0 Å². The Bertz CT molecular complexity index is 1280. The highest BCUT2D eigenvalue weighted by atomic mass is 19.1. The van der Waals surface area contributed by atoms with Crippen molar-refractivity contribution in [2.75, 3.05) is 31.1 Å². The lowest BCUT2D eigenvalue weighted by molar-refractivity contribution is 0.348. The van der Waals surface area contributed by atoms with Crippen molar-refractivity contribution < 1.29 is 8.78 Å². The largest absolute Gasteiger partial charge is 0.339 e. The monoisotopic (exact) mass is 431 g/mol. The molecule has 6 heteroatoms. The Balaban J connectivity index is 1.40. The maximum atomic E-state index is 14.1. The summed E-state index contributed by atoms with van der Waals surface area (Å²) < 4.78 is 28.8. The first-order valence-electron chi connectivity index (χ1n) is 10.8. The van der Waals surface area contributed by atoms with Crippen LogP contribution in [-0.4, -0.2) is 35.6 Å². The van der Waals surface area contributed by atoms with E-state index in [9.17, 15) is 13.6 Å². The van der Waals surface area contributed by atoms with Gasteiger partial charge in [0.15, 0.2) is 0 Å². The van der Waals surface area contributed by atoms with Crippen LogP contribution in [-0.2, 0) is 0 Å². The molecule has 2 aromatic carbocycles. The second-order valence-corrected chi connectivity index (χ2v) is 8.17. The van der Waals surface area contributed by atoms with E-state index >= 15 is 0 Å². The maximum absolute atomic E-state index is 14.1. The van der Waals surface area contributed by atoms with Gasteiger partial charge in [0, 0.05) is 60.1 Å². The molecular weight excluding hydrogens is 408 g/mol. The van der Waals surface area contributed by atoms with Crippen molar-refractivity contribution in [3.05, 3.63) is 94.2 Å². The summed E-state index contributed by atoms with van der Waals surface area (Å²) in [6.07, 6.45) is 8.05. The molecule has 0 radical (unpaired) electrons. The molecule has 0 spiro atoms. The molecule has 0 amide bonds. The first-order chi connectivity index (χ1) is 15.6. The fraction of sp³-hybridized carbons (Fsp3) is 0.231. The van der Waals surface area contributed by atoms with Crippen molar-refractivity contribution in [2.45, 2.75) is 12.8 Å². The number of nitrogens with zero attached hydrogens (tertiary/aromatic N) is 3. The average molecular weight is 431 g/mol. The number of likely N-dealkylation sites (tertiary alicyclic amines) is 1. The normalized spacial score (nSPS) is 15.4. The molecule has 0 atom stereocenters. The quantitative estimate of drug-likeness (QED) is 0.542. The van der Waals surface area contributed by atoms with Crippen molar-refractivity contribution in [2.24, 2.45) is 0 Å². The fourth-order valence-corrected chi connectivity index (χ4v) is 4.38. The number of pyridine rings is 1. The Hall–Kier alpha value is -3.47. The Morgan fingerprint density at radius 3 is 2.56 bits per heavy atom.